The largest absolute Gasteiger partial charge is 0.481 e. The van der Waals surface area contributed by atoms with Gasteiger partial charge in [-0.05, 0) is 25.2 Å². The summed E-state index contributed by atoms with van der Waals surface area (Å²) < 4.78 is 0. The van der Waals surface area contributed by atoms with E-state index in [9.17, 15) is 9.90 Å². The third-order valence-corrected chi connectivity index (χ3v) is 3.02. The topological polar surface area (TPSA) is 57.5 Å². The average molecular weight is 184 g/mol. The minimum Gasteiger partial charge on any atom is -0.481 e. The molecule has 2 N–H and O–H groups in total. The van der Waals surface area contributed by atoms with E-state index in [0.29, 0.717) is 6.42 Å². The van der Waals surface area contributed by atoms with Gasteiger partial charge in [-0.3, -0.25) is 4.79 Å². The summed E-state index contributed by atoms with van der Waals surface area (Å²) in [5.74, 6) is -1.52. The maximum atomic E-state index is 10.9. The lowest BCUT2D eigenvalue weighted by molar-refractivity contribution is -0.144. The van der Waals surface area contributed by atoms with E-state index in [2.05, 4.69) is 6.58 Å². The van der Waals surface area contributed by atoms with Crippen LogP contribution in [0.4, 0.5) is 0 Å². The van der Waals surface area contributed by atoms with Crippen LogP contribution in [0.3, 0.4) is 0 Å². The molecule has 1 fully saturated rings. The predicted octanol–water partition coefficient (Wildman–Crippen LogP) is 1.28. The Hall–Kier alpha value is -0.830. The molecular formula is C10H16O3. The molecule has 0 unspecified atom stereocenters. The predicted molar refractivity (Wildman–Crippen MR) is 49.2 cm³/mol. The second-order valence-electron chi connectivity index (χ2n) is 3.98. The van der Waals surface area contributed by atoms with E-state index in [1.807, 2.05) is 6.92 Å². The molecule has 0 aromatic carbocycles. The fourth-order valence-electron chi connectivity index (χ4n) is 2.13. The third kappa shape index (κ3) is 1.75. The van der Waals surface area contributed by atoms with Gasteiger partial charge in [0.25, 0.3) is 0 Å². The Bertz CT molecular complexity index is 234. The number of allylic oxidation sites excluding steroid dienone is 1. The number of rotatable bonds is 2. The van der Waals surface area contributed by atoms with Gasteiger partial charge in [-0.2, -0.15) is 0 Å². The van der Waals surface area contributed by atoms with Crippen molar-refractivity contribution in [2.24, 2.45) is 17.8 Å². The first-order valence-electron chi connectivity index (χ1n) is 4.51. The van der Waals surface area contributed by atoms with Gasteiger partial charge in [0.15, 0.2) is 0 Å². The Balaban J connectivity index is 2.86. The van der Waals surface area contributed by atoms with Gasteiger partial charge in [-0.25, -0.2) is 0 Å². The molecule has 0 aliphatic heterocycles. The van der Waals surface area contributed by atoms with Gasteiger partial charge in [-0.1, -0.05) is 19.1 Å². The Morgan fingerprint density at radius 3 is 2.38 bits per heavy atom. The summed E-state index contributed by atoms with van der Waals surface area (Å²) in [6.45, 7) is 7.37. The molecule has 1 rings (SSSR count). The van der Waals surface area contributed by atoms with E-state index < -0.39 is 18.0 Å². The number of carboxylic acid groups (broad SMARTS) is 1. The number of hydrogen-bond acceptors (Lipinski definition) is 2. The van der Waals surface area contributed by atoms with Gasteiger partial charge < -0.3 is 10.2 Å². The molecule has 4 atom stereocenters. The summed E-state index contributed by atoms with van der Waals surface area (Å²) in [5.41, 5.74) is 0.857. The van der Waals surface area contributed by atoms with Gasteiger partial charge in [0.1, 0.15) is 0 Å². The van der Waals surface area contributed by atoms with Crippen molar-refractivity contribution in [2.45, 2.75) is 26.4 Å². The van der Waals surface area contributed by atoms with Crippen LogP contribution < -0.4 is 0 Å². The number of hydrogen-bond donors (Lipinski definition) is 2. The number of carboxylic acids is 1. The molecule has 0 aromatic rings. The molecule has 0 amide bonds. The van der Waals surface area contributed by atoms with Gasteiger partial charge >= 0.3 is 5.97 Å². The second-order valence-corrected chi connectivity index (χ2v) is 3.98. The molecule has 3 nitrogen and oxygen atoms in total. The molecule has 1 aliphatic carbocycles. The SMILES string of the molecule is C=C(C)[C@@H]1C[C@@H](O)[C@H](C)[C@H]1C(=O)O. The summed E-state index contributed by atoms with van der Waals surface area (Å²) in [7, 11) is 0. The number of aliphatic hydroxyl groups is 1. The van der Waals surface area contributed by atoms with E-state index in [4.69, 9.17) is 5.11 Å². The minimum atomic E-state index is -0.822. The molecule has 0 saturated heterocycles. The van der Waals surface area contributed by atoms with Gasteiger partial charge in [-0.15, -0.1) is 0 Å². The Labute approximate surface area is 78.1 Å². The van der Waals surface area contributed by atoms with Crippen molar-refractivity contribution < 1.29 is 15.0 Å². The maximum Gasteiger partial charge on any atom is 0.307 e. The van der Waals surface area contributed by atoms with Crippen LogP contribution >= 0.6 is 0 Å². The van der Waals surface area contributed by atoms with Crippen LogP contribution in [0.2, 0.25) is 0 Å². The zero-order valence-electron chi connectivity index (χ0n) is 8.03. The van der Waals surface area contributed by atoms with Crippen LogP contribution in [-0.2, 0) is 4.79 Å². The molecule has 0 radical (unpaired) electrons. The quantitative estimate of drug-likeness (QED) is 0.635. The molecule has 0 bridgehead atoms. The Morgan fingerprint density at radius 1 is 1.54 bits per heavy atom. The lowest BCUT2D eigenvalue weighted by Gasteiger charge is -2.18. The first-order valence-corrected chi connectivity index (χ1v) is 4.51. The highest BCUT2D eigenvalue weighted by molar-refractivity contribution is 5.72. The van der Waals surface area contributed by atoms with Crippen molar-refractivity contribution in [3.8, 4) is 0 Å². The van der Waals surface area contributed by atoms with Crippen LogP contribution in [0, 0.1) is 17.8 Å². The smallest absolute Gasteiger partial charge is 0.307 e. The van der Waals surface area contributed by atoms with Crippen molar-refractivity contribution in [2.75, 3.05) is 0 Å². The normalized spacial score (nSPS) is 39.0. The van der Waals surface area contributed by atoms with Crippen molar-refractivity contribution in [1.82, 2.24) is 0 Å². The Morgan fingerprint density at radius 2 is 2.08 bits per heavy atom. The van der Waals surface area contributed by atoms with Gasteiger partial charge in [0.05, 0.1) is 12.0 Å². The Kier molecular flexibility index (Phi) is 2.76. The summed E-state index contributed by atoms with van der Waals surface area (Å²) in [5, 5.41) is 18.5. The molecule has 0 heterocycles. The standard InChI is InChI=1S/C10H16O3/c1-5(2)7-4-8(11)6(3)9(7)10(12)13/h6-9,11H,1,4H2,2-3H3,(H,12,13)/t6-,7-,8+,9+/m0/s1. The summed E-state index contributed by atoms with van der Waals surface area (Å²) >= 11 is 0. The average Bonchev–Trinajstić information content (AvgIpc) is 2.28. The fourth-order valence-corrected chi connectivity index (χ4v) is 2.13. The van der Waals surface area contributed by atoms with Crippen LogP contribution in [0.25, 0.3) is 0 Å². The summed E-state index contributed by atoms with van der Waals surface area (Å²) in [6.07, 6.45) is 0.0378. The molecular weight excluding hydrogens is 168 g/mol. The highest BCUT2D eigenvalue weighted by atomic mass is 16.4. The van der Waals surface area contributed by atoms with Crippen molar-refractivity contribution in [1.29, 1.82) is 0 Å². The van der Waals surface area contributed by atoms with E-state index in [1.54, 1.807) is 6.92 Å². The molecule has 0 aromatic heterocycles. The van der Waals surface area contributed by atoms with Gasteiger partial charge in [0.2, 0.25) is 0 Å². The van der Waals surface area contributed by atoms with Crippen LogP contribution in [0.15, 0.2) is 12.2 Å². The summed E-state index contributed by atoms with van der Waals surface area (Å²) in [4.78, 5) is 10.9. The highest BCUT2D eigenvalue weighted by Crippen LogP contribution is 2.40. The van der Waals surface area contributed by atoms with Crippen molar-refractivity contribution in [3.63, 3.8) is 0 Å². The molecule has 3 heteroatoms. The van der Waals surface area contributed by atoms with Gasteiger partial charge in [0, 0.05) is 0 Å². The minimum absolute atomic E-state index is 0.0671. The molecule has 74 valence electrons. The number of aliphatic carboxylic acids is 1. The molecule has 13 heavy (non-hydrogen) atoms. The van der Waals surface area contributed by atoms with E-state index in [1.165, 1.54) is 0 Å². The van der Waals surface area contributed by atoms with Crippen molar-refractivity contribution >= 4 is 5.97 Å². The third-order valence-electron chi connectivity index (χ3n) is 3.02. The van der Waals surface area contributed by atoms with E-state index >= 15 is 0 Å². The highest BCUT2D eigenvalue weighted by Gasteiger charge is 2.44. The van der Waals surface area contributed by atoms with Crippen LogP contribution in [-0.4, -0.2) is 22.3 Å². The lowest BCUT2D eigenvalue weighted by Crippen LogP contribution is -2.25. The first-order chi connectivity index (χ1) is 5.95. The van der Waals surface area contributed by atoms with Crippen molar-refractivity contribution in [3.05, 3.63) is 12.2 Å². The van der Waals surface area contributed by atoms with E-state index in [-0.39, 0.29) is 11.8 Å². The lowest BCUT2D eigenvalue weighted by atomic mass is 9.86. The zero-order chi connectivity index (χ0) is 10.2. The van der Waals surface area contributed by atoms with Crippen LogP contribution in [0.1, 0.15) is 20.3 Å². The summed E-state index contributed by atoms with van der Waals surface area (Å²) in [6, 6.07) is 0. The number of aliphatic hydroxyl groups excluding tert-OH is 1. The number of carbonyl (C=O) groups is 1. The molecule has 1 saturated carbocycles. The zero-order valence-corrected chi connectivity index (χ0v) is 8.03. The first kappa shape index (κ1) is 10.3. The maximum absolute atomic E-state index is 10.9. The second kappa shape index (κ2) is 3.50. The molecule has 1 aliphatic rings. The van der Waals surface area contributed by atoms with Crippen LogP contribution in [0.5, 0.6) is 0 Å². The fraction of sp³-hybridized carbons (Fsp3) is 0.700. The van der Waals surface area contributed by atoms with E-state index in [0.717, 1.165) is 5.57 Å². The monoisotopic (exact) mass is 184 g/mol. The molecule has 0 spiro atoms.